The molecule has 7 nitrogen and oxygen atoms in total. The number of amides is 1. The highest BCUT2D eigenvalue weighted by Gasteiger charge is 2.32. The number of hydrogen-bond acceptors (Lipinski definition) is 5. The highest BCUT2D eigenvalue weighted by atomic mass is 32.2. The normalized spacial score (nSPS) is 15.0. The van der Waals surface area contributed by atoms with Crippen LogP contribution in [-0.2, 0) is 14.8 Å². The van der Waals surface area contributed by atoms with Crippen LogP contribution in [0.5, 0.6) is 0 Å². The number of halogens is 2. The number of nitrogens with one attached hydrogen (secondary N) is 1. The Balaban J connectivity index is 1.57. The molecule has 3 rings (SSSR count). The Labute approximate surface area is 167 Å². The second-order valence-corrected chi connectivity index (χ2v) is 8.31. The maximum atomic E-state index is 13.9. The van der Waals surface area contributed by atoms with Crippen LogP contribution in [-0.4, -0.2) is 56.3 Å². The fourth-order valence-electron chi connectivity index (χ4n) is 2.94. The van der Waals surface area contributed by atoms with Gasteiger partial charge < -0.3 is 10.2 Å². The number of carbonyl (C=O) groups is 1. The van der Waals surface area contributed by atoms with Gasteiger partial charge in [0.25, 0.3) is 0 Å². The number of anilines is 1. The first-order chi connectivity index (χ1) is 13.8. The van der Waals surface area contributed by atoms with E-state index >= 15 is 0 Å². The number of rotatable bonds is 5. The molecule has 0 saturated carbocycles. The molecular weight excluding hydrogens is 402 g/mol. The van der Waals surface area contributed by atoms with Crippen molar-refractivity contribution in [1.29, 1.82) is 5.26 Å². The zero-order chi connectivity index (χ0) is 21.0. The largest absolute Gasteiger partial charge is 0.376 e. The van der Waals surface area contributed by atoms with Crippen LogP contribution in [0.1, 0.15) is 5.56 Å². The lowest BCUT2D eigenvalue weighted by molar-refractivity contribution is -0.130. The molecule has 0 spiro atoms. The maximum absolute atomic E-state index is 13.9. The third-order valence-electron chi connectivity index (χ3n) is 4.56. The van der Waals surface area contributed by atoms with Crippen LogP contribution in [0.2, 0.25) is 0 Å². The van der Waals surface area contributed by atoms with Crippen LogP contribution in [0.25, 0.3) is 0 Å². The van der Waals surface area contributed by atoms with Crippen molar-refractivity contribution in [2.75, 3.05) is 38.0 Å². The van der Waals surface area contributed by atoms with Crippen molar-refractivity contribution in [3.63, 3.8) is 0 Å². The van der Waals surface area contributed by atoms with Gasteiger partial charge in [0.05, 0.1) is 18.2 Å². The lowest BCUT2D eigenvalue weighted by atomic mass is 10.2. The standard InChI is InChI=1S/C19H18F2N4O3S/c20-15-3-6-17(21)18(11-15)29(27,28)25-9-7-24(8-10-25)19(26)13-23-16-4-1-14(12-22)2-5-16/h1-6,11,23H,7-10,13H2. The van der Waals surface area contributed by atoms with E-state index in [0.29, 0.717) is 17.3 Å². The van der Waals surface area contributed by atoms with Gasteiger partial charge in [0.2, 0.25) is 15.9 Å². The highest BCUT2D eigenvalue weighted by molar-refractivity contribution is 7.89. The molecule has 1 aliphatic heterocycles. The predicted octanol–water partition coefficient (Wildman–Crippen LogP) is 1.78. The Morgan fingerprint density at radius 2 is 1.72 bits per heavy atom. The summed E-state index contributed by atoms with van der Waals surface area (Å²) in [6.45, 7) is 0.271. The van der Waals surface area contributed by atoms with Crippen LogP contribution in [0, 0.1) is 23.0 Å². The van der Waals surface area contributed by atoms with Crippen LogP contribution < -0.4 is 5.32 Å². The first-order valence-electron chi connectivity index (χ1n) is 8.78. The van der Waals surface area contributed by atoms with Gasteiger partial charge in [-0.1, -0.05) is 0 Å². The third-order valence-corrected chi connectivity index (χ3v) is 6.47. The molecule has 152 valence electrons. The average molecular weight is 420 g/mol. The third kappa shape index (κ3) is 4.70. The van der Waals surface area contributed by atoms with Crippen molar-refractivity contribution < 1.29 is 22.0 Å². The van der Waals surface area contributed by atoms with Gasteiger partial charge in [0.15, 0.2) is 0 Å². The van der Waals surface area contributed by atoms with E-state index in [0.717, 1.165) is 16.4 Å². The number of hydrogen-bond donors (Lipinski definition) is 1. The van der Waals surface area contributed by atoms with E-state index in [1.165, 1.54) is 4.90 Å². The molecule has 1 fully saturated rings. The molecule has 29 heavy (non-hydrogen) atoms. The van der Waals surface area contributed by atoms with Gasteiger partial charge in [-0.05, 0) is 42.5 Å². The summed E-state index contributed by atoms with van der Waals surface area (Å²) in [4.78, 5) is 13.1. The van der Waals surface area contributed by atoms with E-state index in [1.807, 2.05) is 6.07 Å². The van der Waals surface area contributed by atoms with Gasteiger partial charge in [0, 0.05) is 31.9 Å². The van der Waals surface area contributed by atoms with Gasteiger partial charge in [-0.15, -0.1) is 0 Å². The fourth-order valence-corrected chi connectivity index (χ4v) is 4.44. The highest BCUT2D eigenvalue weighted by Crippen LogP contribution is 2.21. The molecular formula is C19H18F2N4O3S. The van der Waals surface area contributed by atoms with Gasteiger partial charge in [-0.3, -0.25) is 4.79 Å². The van der Waals surface area contributed by atoms with Crippen LogP contribution >= 0.6 is 0 Å². The van der Waals surface area contributed by atoms with Gasteiger partial charge in [-0.25, -0.2) is 17.2 Å². The van der Waals surface area contributed by atoms with E-state index in [2.05, 4.69) is 5.32 Å². The second kappa shape index (κ2) is 8.55. The van der Waals surface area contributed by atoms with Crippen molar-refractivity contribution in [3.8, 4) is 6.07 Å². The maximum Gasteiger partial charge on any atom is 0.246 e. The van der Waals surface area contributed by atoms with E-state index < -0.39 is 26.6 Å². The molecule has 0 unspecified atom stereocenters. The molecule has 1 aliphatic rings. The average Bonchev–Trinajstić information content (AvgIpc) is 2.74. The van der Waals surface area contributed by atoms with Crippen molar-refractivity contribution >= 4 is 21.6 Å². The lowest BCUT2D eigenvalue weighted by Crippen LogP contribution is -2.51. The van der Waals surface area contributed by atoms with Crippen LogP contribution in [0.3, 0.4) is 0 Å². The quantitative estimate of drug-likeness (QED) is 0.796. The van der Waals surface area contributed by atoms with Gasteiger partial charge >= 0.3 is 0 Å². The van der Waals surface area contributed by atoms with E-state index in [1.54, 1.807) is 24.3 Å². The number of carbonyl (C=O) groups excluding carboxylic acids is 1. The zero-order valence-electron chi connectivity index (χ0n) is 15.3. The van der Waals surface area contributed by atoms with E-state index in [-0.39, 0.29) is 38.6 Å². The predicted molar refractivity (Wildman–Crippen MR) is 101 cm³/mol. The molecule has 2 aromatic carbocycles. The van der Waals surface area contributed by atoms with Crippen molar-refractivity contribution in [2.45, 2.75) is 4.90 Å². The minimum absolute atomic E-state index is 0.0111. The van der Waals surface area contributed by atoms with E-state index in [9.17, 15) is 22.0 Å². The fraction of sp³-hybridized carbons (Fsp3) is 0.263. The van der Waals surface area contributed by atoms with Crippen LogP contribution in [0.4, 0.5) is 14.5 Å². The molecule has 10 heteroatoms. The number of sulfonamides is 1. The Bertz CT molecular complexity index is 1040. The summed E-state index contributed by atoms with van der Waals surface area (Å²) in [6.07, 6.45) is 0. The molecule has 0 aromatic heterocycles. The molecule has 1 N–H and O–H groups in total. The summed E-state index contributed by atoms with van der Waals surface area (Å²) >= 11 is 0. The Hall–Kier alpha value is -3.03. The molecule has 0 aliphatic carbocycles. The summed E-state index contributed by atoms with van der Waals surface area (Å²) < 4.78 is 53.4. The minimum Gasteiger partial charge on any atom is -0.376 e. The first kappa shape index (κ1) is 20.7. The SMILES string of the molecule is N#Cc1ccc(NCC(=O)N2CCN(S(=O)(=O)c3cc(F)ccc3F)CC2)cc1. The monoisotopic (exact) mass is 420 g/mol. The summed E-state index contributed by atoms with van der Waals surface area (Å²) in [5.74, 6) is -2.08. The van der Waals surface area contributed by atoms with Crippen LogP contribution in [0.15, 0.2) is 47.4 Å². The Kier molecular flexibility index (Phi) is 6.10. The summed E-state index contributed by atoms with van der Waals surface area (Å²) in [5.41, 5.74) is 1.19. The number of piperazine rings is 1. The topological polar surface area (TPSA) is 93.5 Å². The Morgan fingerprint density at radius 1 is 1.07 bits per heavy atom. The van der Waals surface area contributed by atoms with Gasteiger partial charge in [-0.2, -0.15) is 9.57 Å². The summed E-state index contributed by atoms with van der Waals surface area (Å²) in [6, 6.07) is 10.9. The zero-order valence-corrected chi connectivity index (χ0v) is 16.1. The molecule has 1 heterocycles. The van der Waals surface area contributed by atoms with Gasteiger partial charge in [0.1, 0.15) is 16.5 Å². The van der Waals surface area contributed by atoms with Crippen molar-refractivity contribution in [3.05, 3.63) is 59.7 Å². The number of nitriles is 1. The molecule has 1 amide bonds. The first-order valence-corrected chi connectivity index (χ1v) is 10.2. The molecule has 0 radical (unpaired) electrons. The number of nitrogens with zero attached hydrogens (tertiary/aromatic N) is 3. The second-order valence-electron chi connectivity index (χ2n) is 6.40. The van der Waals surface area contributed by atoms with E-state index in [4.69, 9.17) is 5.26 Å². The van der Waals surface area contributed by atoms with Crippen molar-refractivity contribution in [1.82, 2.24) is 9.21 Å². The molecule has 0 atom stereocenters. The summed E-state index contributed by atoms with van der Waals surface area (Å²) in [7, 11) is -4.19. The van der Waals surface area contributed by atoms with Crippen molar-refractivity contribution in [2.24, 2.45) is 0 Å². The lowest BCUT2D eigenvalue weighted by Gasteiger charge is -2.34. The molecule has 0 bridgehead atoms. The number of benzene rings is 2. The molecule has 1 saturated heterocycles. The Morgan fingerprint density at radius 3 is 2.34 bits per heavy atom. The summed E-state index contributed by atoms with van der Waals surface area (Å²) in [5, 5.41) is 11.7. The minimum atomic E-state index is -4.19. The smallest absolute Gasteiger partial charge is 0.246 e. The molecule has 2 aromatic rings.